The number of benzene rings is 2. The van der Waals surface area contributed by atoms with Crippen LogP contribution in [0.3, 0.4) is 0 Å². The Morgan fingerprint density at radius 1 is 1.19 bits per heavy atom. The maximum Gasteiger partial charge on any atom is 0.265 e. The molecule has 1 aliphatic heterocycles. The summed E-state index contributed by atoms with van der Waals surface area (Å²) in [6, 6.07) is 15.1. The van der Waals surface area contributed by atoms with Crippen LogP contribution in [0.2, 0.25) is 0 Å². The van der Waals surface area contributed by atoms with Gasteiger partial charge in [0.15, 0.2) is 6.61 Å². The molecule has 26 heavy (non-hydrogen) atoms. The third kappa shape index (κ3) is 4.53. The molecule has 0 radical (unpaired) electrons. The summed E-state index contributed by atoms with van der Waals surface area (Å²) in [7, 11) is 0. The summed E-state index contributed by atoms with van der Waals surface area (Å²) >= 11 is 0. The molecule has 0 atom stereocenters. The molecule has 0 unspecified atom stereocenters. The number of carbonyl (C=O) groups excluding carboxylic acids is 2. The summed E-state index contributed by atoms with van der Waals surface area (Å²) < 4.78 is 11.0. The van der Waals surface area contributed by atoms with Crippen molar-refractivity contribution in [3.63, 3.8) is 0 Å². The number of nitrogens with zero attached hydrogens (tertiary/aromatic N) is 1. The van der Waals surface area contributed by atoms with Gasteiger partial charge in [-0.05, 0) is 31.2 Å². The normalized spacial score (nSPS) is 13.0. The van der Waals surface area contributed by atoms with Gasteiger partial charge in [-0.1, -0.05) is 29.8 Å². The number of para-hydroxylation sites is 2. The number of carbonyl (C=O) groups is 2. The van der Waals surface area contributed by atoms with E-state index >= 15 is 0 Å². The molecule has 2 aromatic carbocycles. The van der Waals surface area contributed by atoms with Crippen molar-refractivity contribution >= 4 is 17.5 Å². The Morgan fingerprint density at radius 3 is 2.77 bits per heavy atom. The second kappa shape index (κ2) is 8.38. The molecule has 136 valence electrons. The molecule has 1 N–H and O–H groups in total. The highest BCUT2D eigenvalue weighted by Gasteiger charge is 2.25. The van der Waals surface area contributed by atoms with Gasteiger partial charge in [-0.15, -0.1) is 0 Å². The lowest BCUT2D eigenvalue weighted by atomic mass is 10.2. The highest BCUT2D eigenvalue weighted by molar-refractivity contribution is 5.98. The number of rotatable bonds is 7. The van der Waals surface area contributed by atoms with Gasteiger partial charge in [-0.2, -0.15) is 0 Å². The fraction of sp³-hybridized carbons (Fsp3) is 0.300. The van der Waals surface area contributed by atoms with Crippen LogP contribution in [0.1, 0.15) is 12.0 Å². The van der Waals surface area contributed by atoms with Gasteiger partial charge >= 0.3 is 0 Å². The lowest BCUT2D eigenvalue weighted by molar-refractivity contribution is -0.122. The predicted molar refractivity (Wildman–Crippen MR) is 98.6 cm³/mol. The Hall–Kier alpha value is -3.02. The number of nitrogens with one attached hydrogen (secondary N) is 1. The van der Waals surface area contributed by atoms with Crippen LogP contribution in [0, 0.1) is 6.92 Å². The largest absolute Gasteiger partial charge is 0.492 e. The molecule has 1 heterocycles. The van der Waals surface area contributed by atoms with Gasteiger partial charge < -0.3 is 19.7 Å². The van der Waals surface area contributed by atoms with E-state index in [1.807, 2.05) is 55.5 Å². The number of fused-ring (bicyclic) bond motifs is 1. The molecule has 6 nitrogen and oxygen atoms in total. The van der Waals surface area contributed by atoms with Crippen molar-refractivity contribution in [3.8, 4) is 11.5 Å². The van der Waals surface area contributed by atoms with Crippen LogP contribution < -0.4 is 19.7 Å². The standard InChI is InChI=1S/C20H22N2O4/c1-15-6-8-16(9-7-15)25-13-11-21-19(23)10-12-22-17-4-2-3-5-18(17)26-14-20(22)24/h2-9H,10-14H2,1H3,(H,21,23). The van der Waals surface area contributed by atoms with Gasteiger partial charge in [0.2, 0.25) is 5.91 Å². The number of hydrogen-bond donors (Lipinski definition) is 1. The van der Waals surface area contributed by atoms with E-state index in [1.165, 1.54) is 5.56 Å². The molecular formula is C20H22N2O4. The maximum atomic E-state index is 12.1. The van der Waals surface area contributed by atoms with Crippen LogP contribution >= 0.6 is 0 Å². The smallest absolute Gasteiger partial charge is 0.265 e. The molecule has 0 spiro atoms. The van der Waals surface area contributed by atoms with E-state index in [4.69, 9.17) is 9.47 Å². The number of hydrogen-bond acceptors (Lipinski definition) is 4. The minimum absolute atomic E-state index is 0.00300. The highest BCUT2D eigenvalue weighted by Crippen LogP contribution is 2.31. The van der Waals surface area contributed by atoms with E-state index in [1.54, 1.807) is 4.90 Å². The van der Waals surface area contributed by atoms with Crippen LogP contribution in [0.15, 0.2) is 48.5 Å². The van der Waals surface area contributed by atoms with Gasteiger partial charge in [0.25, 0.3) is 5.91 Å². The molecule has 0 bridgehead atoms. The minimum Gasteiger partial charge on any atom is -0.492 e. The lowest BCUT2D eigenvalue weighted by Crippen LogP contribution is -2.41. The quantitative estimate of drug-likeness (QED) is 0.775. The molecule has 6 heteroatoms. The van der Waals surface area contributed by atoms with E-state index in [9.17, 15) is 9.59 Å². The predicted octanol–water partition coefficient (Wildman–Crippen LogP) is 2.31. The maximum absolute atomic E-state index is 12.1. The van der Waals surface area contributed by atoms with E-state index in [2.05, 4.69) is 5.32 Å². The molecule has 3 rings (SSSR count). The summed E-state index contributed by atoms with van der Waals surface area (Å²) in [6.07, 6.45) is 0.227. The number of amides is 2. The fourth-order valence-corrected chi connectivity index (χ4v) is 2.69. The molecule has 0 saturated carbocycles. The molecule has 0 aromatic heterocycles. The Bertz CT molecular complexity index is 774. The van der Waals surface area contributed by atoms with Gasteiger partial charge in [-0.3, -0.25) is 9.59 Å². The van der Waals surface area contributed by atoms with Crippen LogP contribution in [0.25, 0.3) is 0 Å². The molecule has 0 aliphatic carbocycles. The first-order chi connectivity index (χ1) is 12.6. The van der Waals surface area contributed by atoms with Gasteiger partial charge in [0.05, 0.1) is 12.2 Å². The van der Waals surface area contributed by atoms with Crippen molar-refractivity contribution < 1.29 is 19.1 Å². The summed E-state index contributed by atoms with van der Waals surface area (Å²) in [5.74, 6) is 1.19. The Balaban J connectivity index is 1.41. The monoisotopic (exact) mass is 354 g/mol. The van der Waals surface area contributed by atoms with Gasteiger partial charge in [0.1, 0.15) is 18.1 Å². The van der Waals surface area contributed by atoms with Crippen molar-refractivity contribution in [2.75, 3.05) is 31.2 Å². The SMILES string of the molecule is Cc1ccc(OCCNC(=O)CCN2C(=O)COc3ccccc32)cc1. The Labute approximate surface area is 152 Å². The third-order valence-electron chi connectivity index (χ3n) is 4.08. The topological polar surface area (TPSA) is 67.9 Å². The first kappa shape index (κ1) is 17.8. The summed E-state index contributed by atoms with van der Waals surface area (Å²) in [5, 5.41) is 2.81. The Morgan fingerprint density at radius 2 is 1.96 bits per heavy atom. The lowest BCUT2D eigenvalue weighted by Gasteiger charge is -2.29. The first-order valence-corrected chi connectivity index (χ1v) is 8.62. The van der Waals surface area contributed by atoms with Gasteiger partial charge in [-0.25, -0.2) is 0 Å². The van der Waals surface area contributed by atoms with Gasteiger partial charge in [0, 0.05) is 13.0 Å². The molecular weight excluding hydrogens is 332 g/mol. The number of aryl methyl sites for hydroxylation is 1. The van der Waals surface area contributed by atoms with Crippen LogP contribution in [-0.2, 0) is 9.59 Å². The number of anilines is 1. The first-order valence-electron chi connectivity index (χ1n) is 8.62. The minimum atomic E-state index is -0.140. The summed E-state index contributed by atoms with van der Waals surface area (Å²) in [5.41, 5.74) is 1.88. The average molecular weight is 354 g/mol. The van der Waals surface area contributed by atoms with Crippen molar-refractivity contribution in [1.29, 1.82) is 0 Å². The average Bonchev–Trinajstić information content (AvgIpc) is 2.66. The van der Waals surface area contributed by atoms with Crippen molar-refractivity contribution in [2.24, 2.45) is 0 Å². The Kier molecular flexibility index (Phi) is 5.73. The van der Waals surface area contributed by atoms with Crippen LogP contribution in [0.5, 0.6) is 11.5 Å². The highest BCUT2D eigenvalue weighted by atomic mass is 16.5. The third-order valence-corrected chi connectivity index (χ3v) is 4.08. The summed E-state index contributed by atoms with van der Waals surface area (Å²) in [4.78, 5) is 25.7. The van der Waals surface area contributed by atoms with Crippen molar-refractivity contribution in [3.05, 3.63) is 54.1 Å². The zero-order valence-corrected chi connectivity index (χ0v) is 14.7. The molecule has 2 aromatic rings. The van der Waals surface area contributed by atoms with E-state index in [0.29, 0.717) is 31.1 Å². The van der Waals surface area contributed by atoms with E-state index in [-0.39, 0.29) is 24.8 Å². The van der Waals surface area contributed by atoms with Crippen LogP contribution in [0.4, 0.5) is 5.69 Å². The van der Waals surface area contributed by atoms with E-state index < -0.39 is 0 Å². The zero-order chi connectivity index (χ0) is 18.4. The second-order valence-electron chi connectivity index (χ2n) is 6.06. The van der Waals surface area contributed by atoms with Crippen LogP contribution in [-0.4, -0.2) is 38.1 Å². The molecule has 2 amide bonds. The number of ether oxygens (including phenoxy) is 2. The van der Waals surface area contributed by atoms with Crippen molar-refractivity contribution in [1.82, 2.24) is 5.32 Å². The molecule has 0 saturated heterocycles. The second-order valence-corrected chi connectivity index (χ2v) is 6.06. The zero-order valence-electron chi connectivity index (χ0n) is 14.7. The van der Waals surface area contributed by atoms with E-state index in [0.717, 1.165) is 5.75 Å². The fourth-order valence-electron chi connectivity index (χ4n) is 2.69. The van der Waals surface area contributed by atoms with Crippen molar-refractivity contribution in [2.45, 2.75) is 13.3 Å². The summed E-state index contributed by atoms with van der Waals surface area (Å²) in [6.45, 7) is 3.16. The molecule has 0 fully saturated rings. The molecule has 1 aliphatic rings.